The Morgan fingerprint density at radius 2 is 1.59 bits per heavy atom. The zero-order chi connectivity index (χ0) is 28.8. The number of anilines is 2. The molecule has 2 heterocycles. The summed E-state index contributed by atoms with van der Waals surface area (Å²) in [5, 5.41) is 6.13. The Hall–Kier alpha value is -4.44. The van der Waals surface area contributed by atoms with E-state index < -0.39 is 0 Å². The molecule has 0 spiro atoms. The van der Waals surface area contributed by atoms with Gasteiger partial charge in [-0.15, -0.1) is 0 Å². The molecule has 3 aromatic rings. The highest BCUT2D eigenvalue weighted by atomic mass is 16.5. The summed E-state index contributed by atoms with van der Waals surface area (Å²) in [6, 6.07) is 16.1. The Kier molecular flexibility index (Phi) is 8.79. The van der Waals surface area contributed by atoms with Gasteiger partial charge >= 0.3 is 0 Å². The molecular weight excluding hydrogens is 520 g/mol. The van der Waals surface area contributed by atoms with E-state index in [4.69, 9.17) is 10.5 Å². The third kappa shape index (κ3) is 6.83. The zero-order valence-corrected chi connectivity index (χ0v) is 23.2. The van der Waals surface area contributed by atoms with Crippen molar-refractivity contribution in [2.75, 3.05) is 43.5 Å². The second-order valence-corrected chi connectivity index (χ2v) is 10.5. The number of piperazine rings is 1. The molecule has 1 saturated heterocycles. The molecule has 41 heavy (non-hydrogen) atoms. The van der Waals surface area contributed by atoms with Crippen LogP contribution in [0.3, 0.4) is 0 Å². The Labute approximate surface area is 239 Å². The molecule has 0 radical (unpaired) electrons. The summed E-state index contributed by atoms with van der Waals surface area (Å²) in [7, 11) is 1.58. The van der Waals surface area contributed by atoms with Gasteiger partial charge < -0.3 is 30.9 Å². The summed E-state index contributed by atoms with van der Waals surface area (Å²) in [5.41, 5.74) is 8.87. The van der Waals surface area contributed by atoms with E-state index >= 15 is 0 Å². The summed E-state index contributed by atoms with van der Waals surface area (Å²) in [6.07, 6.45) is 6.63. The maximum atomic E-state index is 13.2. The summed E-state index contributed by atoms with van der Waals surface area (Å²) in [4.78, 5) is 47.3. The van der Waals surface area contributed by atoms with Gasteiger partial charge in [-0.05, 0) is 74.2 Å². The lowest BCUT2D eigenvalue weighted by Gasteiger charge is -2.37. The van der Waals surface area contributed by atoms with Gasteiger partial charge in [0.15, 0.2) is 0 Å². The van der Waals surface area contributed by atoms with Crippen molar-refractivity contribution in [2.24, 2.45) is 5.73 Å². The van der Waals surface area contributed by atoms with E-state index in [1.165, 1.54) is 0 Å². The molecule has 0 unspecified atom stereocenters. The molecule has 3 amide bonds. The van der Waals surface area contributed by atoms with Crippen molar-refractivity contribution in [3.05, 3.63) is 83.7 Å². The minimum absolute atomic E-state index is 0.0505. The average molecular weight is 557 g/mol. The second kappa shape index (κ2) is 12.8. The maximum absolute atomic E-state index is 13.2. The van der Waals surface area contributed by atoms with E-state index in [0.717, 1.165) is 31.4 Å². The van der Waals surface area contributed by atoms with Crippen LogP contribution in [0.4, 0.5) is 11.4 Å². The van der Waals surface area contributed by atoms with Crippen molar-refractivity contribution in [1.82, 2.24) is 15.2 Å². The van der Waals surface area contributed by atoms with Crippen molar-refractivity contribution in [3.8, 4) is 5.75 Å². The second-order valence-electron chi connectivity index (χ2n) is 10.5. The molecule has 10 nitrogen and oxygen atoms in total. The standard InChI is InChI=1S/C31H36N6O4/c1-41-26-4-2-3-23(19-26)31(40)37-17-15-36(16-18-37)28-10-5-22(30(39)34-25-8-6-24(32)7-9-25)20-27(28)35-29(38)21-11-13-33-14-12-21/h2-5,10-14,19-20,24-25H,6-9,15-18,32H2,1H3,(H,34,39)(H,35,38). The van der Waals surface area contributed by atoms with Gasteiger partial charge in [0, 0.05) is 67.3 Å². The molecule has 10 heteroatoms. The highest BCUT2D eigenvalue weighted by molar-refractivity contribution is 6.07. The van der Waals surface area contributed by atoms with Crippen LogP contribution < -0.4 is 26.0 Å². The van der Waals surface area contributed by atoms with Gasteiger partial charge in [-0.1, -0.05) is 6.07 Å². The number of nitrogens with one attached hydrogen (secondary N) is 2. The number of carbonyl (C=O) groups is 3. The largest absolute Gasteiger partial charge is 0.497 e. The highest BCUT2D eigenvalue weighted by Crippen LogP contribution is 2.30. The fourth-order valence-corrected chi connectivity index (χ4v) is 5.37. The molecule has 2 aliphatic rings. The molecule has 214 valence electrons. The molecule has 2 aromatic carbocycles. The summed E-state index contributed by atoms with van der Waals surface area (Å²) >= 11 is 0. The van der Waals surface area contributed by atoms with Crippen LogP contribution in [0.1, 0.15) is 56.8 Å². The lowest BCUT2D eigenvalue weighted by molar-refractivity contribution is 0.0746. The van der Waals surface area contributed by atoms with E-state index in [9.17, 15) is 14.4 Å². The van der Waals surface area contributed by atoms with E-state index in [-0.39, 0.29) is 29.8 Å². The van der Waals surface area contributed by atoms with E-state index in [1.807, 2.05) is 17.0 Å². The quantitative estimate of drug-likeness (QED) is 0.407. The number of nitrogens with zero attached hydrogens (tertiary/aromatic N) is 3. The average Bonchev–Trinajstić information content (AvgIpc) is 3.02. The van der Waals surface area contributed by atoms with Gasteiger partial charge in [-0.3, -0.25) is 19.4 Å². The summed E-state index contributed by atoms with van der Waals surface area (Å²) < 4.78 is 5.27. The number of benzene rings is 2. The number of nitrogens with two attached hydrogens (primary N) is 1. The number of aromatic nitrogens is 1. The van der Waals surface area contributed by atoms with Gasteiger partial charge in [0.1, 0.15) is 5.75 Å². The molecular formula is C31H36N6O4. The Morgan fingerprint density at radius 1 is 0.854 bits per heavy atom. The Morgan fingerprint density at radius 3 is 2.29 bits per heavy atom. The lowest BCUT2D eigenvalue weighted by atomic mass is 9.91. The van der Waals surface area contributed by atoms with Crippen LogP contribution in [0.2, 0.25) is 0 Å². The first-order valence-electron chi connectivity index (χ1n) is 14.0. The fourth-order valence-electron chi connectivity index (χ4n) is 5.37. The first kappa shape index (κ1) is 28.1. The van der Waals surface area contributed by atoms with Crippen LogP contribution in [-0.2, 0) is 0 Å². The fraction of sp³-hybridized carbons (Fsp3) is 0.355. The smallest absolute Gasteiger partial charge is 0.255 e. The molecule has 1 aliphatic carbocycles. The molecule has 4 N–H and O–H groups in total. The van der Waals surface area contributed by atoms with Crippen LogP contribution in [0.5, 0.6) is 5.75 Å². The third-order valence-corrected chi connectivity index (χ3v) is 7.78. The zero-order valence-electron chi connectivity index (χ0n) is 23.2. The normalized spacial score (nSPS) is 18.9. The van der Waals surface area contributed by atoms with Crippen LogP contribution >= 0.6 is 0 Å². The Balaban J connectivity index is 1.32. The molecule has 1 saturated carbocycles. The number of pyridine rings is 1. The monoisotopic (exact) mass is 556 g/mol. The number of hydrogen-bond acceptors (Lipinski definition) is 7. The summed E-state index contributed by atoms with van der Waals surface area (Å²) in [5.74, 6) is 0.121. The maximum Gasteiger partial charge on any atom is 0.255 e. The summed E-state index contributed by atoms with van der Waals surface area (Å²) in [6.45, 7) is 2.17. The SMILES string of the molecule is COc1cccc(C(=O)N2CCN(c3ccc(C(=O)NC4CCC(N)CC4)cc3NC(=O)c3ccncc3)CC2)c1. The highest BCUT2D eigenvalue weighted by Gasteiger charge is 2.26. The number of ether oxygens (including phenoxy) is 1. The minimum atomic E-state index is -0.292. The van der Waals surface area contributed by atoms with Crippen molar-refractivity contribution < 1.29 is 19.1 Å². The first-order chi connectivity index (χ1) is 19.9. The van der Waals surface area contributed by atoms with Crippen molar-refractivity contribution in [2.45, 2.75) is 37.8 Å². The van der Waals surface area contributed by atoms with E-state index in [1.54, 1.807) is 62.0 Å². The lowest BCUT2D eigenvalue weighted by Crippen LogP contribution is -2.49. The number of methoxy groups -OCH3 is 1. The first-order valence-corrected chi connectivity index (χ1v) is 14.0. The van der Waals surface area contributed by atoms with Crippen LogP contribution in [0.15, 0.2) is 67.0 Å². The van der Waals surface area contributed by atoms with Crippen LogP contribution in [0, 0.1) is 0 Å². The minimum Gasteiger partial charge on any atom is -0.497 e. The molecule has 0 atom stereocenters. The van der Waals surface area contributed by atoms with E-state index in [2.05, 4.69) is 20.5 Å². The predicted octanol–water partition coefficient (Wildman–Crippen LogP) is 3.30. The van der Waals surface area contributed by atoms with Crippen LogP contribution in [-0.4, -0.2) is 73.0 Å². The molecule has 0 bridgehead atoms. The topological polar surface area (TPSA) is 130 Å². The van der Waals surface area contributed by atoms with E-state index in [0.29, 0.717) is 54.3 Å². The molecule has 5 rings (SSSR count). The number of carbonyl (C=O) groups excluding carboxylic acids is 3. The van der Waals surface area contributed by atoms with Gasteiger partial charge in [0.25, 0.3) is 17.7 Å². The van der Waals surface area contributed by atoms with Gasteiger partial charge in [-0.2, -0.15) is 0 Å². The number of rotatable bonds is 7. The third-order valence-electron chi connectivity index (χ3n) is 7.78. The molecule has 1 aromatic heterocycles. The van der Waals surface area contributed by atoms with Crippen molar-refractivity contribution >= 4 is 29.1 Å². The molecule has 2 fully saturated rings. The van der Waals surface area contributed by atoms with Crippen molar-refractivity contribution in [3.63, 3.8) is 0 Å². The molecule has 1 aliphatic heterocycles. The van der Waals surface area contributed by atoms with Crippen LogP contribution in [0.25, 0.3) is 0 Å². The number of hydrogen-bond donors (Lipinski definition) is 3. The number of amides is 3. The predicted molar refractivity (Wildman–Crippen MR) is 157 cm³/mol. The van der Waals surface area contributed by atoms with Gasteiger partial charge in [0.2, 0.25) is 0 Å². The Bertz CT molecular complexity index is 1380. The van der Waals surface area contributed by atoms with Gasteiger partial charge in [-0.25, -0.2) is 0 Å². The van der Waals surface area contributed by atoms with Gasteiger partial charge in [0.05, 0.1) is 18.5 Å². The van der Waals surface area contributed by atoms with Crippen molar-refractivity contribution in [1.29, 1.82) is 0 Å².